The van der Waals surface area contributed by atoms with Crippen molar-refractivity contribution in [2.24, 2.45) is 0 Å². The van der Waals surface area contributed by atoms with Crippen LogP contribution in [0, 0.1) is 12.7 Å². The Morgan fingerprint density at radius 2 is 1.90 bits per heavy atom. The van der Waals surface area contributed by atoms with Gasteiger partial charge in [-0.05, 0) is 55.8 Å². The van der Waals surface area contributed by atoms with Crippen LogP contribution in [-0.4, -0.2) is 12.0 Å². The standard InChI is InChI=1S/C16H16FNO2/c1-11-4-3-5-14(10-11)18-16(19)12(2)20-15-8-6-13(17)7-9-15/h3-10,12H,1-2H3,(H,18,19). The van der Waals surface area contributed by atoms with Crippen molar-refractivity contribution in [3.8, 4) is 5.75 Å². The van der Waals surface area contributed by atoms with Gasteiger partial charge in [0, 0.05) is 5.69 Å². The van der Waals surface area contributed by atoms with Crippen LogP contribution in [0.3, 0.4) is 0 Å². The van der Waals surface area contributed by atoms with Gasteiger partial charge in [0.25, 0.3) is 5.91 Å². The number of benzene rings is 2. The van der Waals surface area contributed by atoms with Crippen molar-refractivity contribution in [2.75, 3.05) is 5.32 Å². The maximum Gasteiger partial charge on any atom is 0.265 e. The fourth-order valence-corrected chi connectivity index (χ4v) is 1.74. The number of carbonyl (C=O) groups excluding carboxylic acids is 1. The van der Waals surface area contributed by atoms with Crippen LogP contribution < -0.4 is 10.1 Å². The molecule has 0 aliphatic rings. The summed E-state index contributed by atoms with van der Waals surface area (Å²) in [5.74, 6) is -0.132. The van der Waals surface area contributed by atoms with Crippen LogP contribution in [0.2, 0.25) is 0 Å². The number of aryl methyl sites for hydroxylation is 1. The van der Waals surface area contributed by atoms with E-state index in [9.17, 15) is 9.18 Å². The summed E-state index contributed by atoms with van der Waals surface area (Å²) in [5, 5.41) is 2.78. The molecule has 3 nitrogen and oxygen atoms in total. The lowest BCUT2D eigenvalue weighted by atomic mass is 10.2. The van der Waals surface area contributed by atoms with E-state index in [1.807, 2.05) is 31.2 Å². The summed E-state index contributed by atoms with van der Waals surface area (Å²) < 4.78 is 18.2. The highest BCUT2D eigenvalue weighted by Crippen LogP contribution is 2.15. The molecule has 2 rings (SSSR count). The molecule has 1 amide bonds. The van der Waals surface area contributed by atoms with Crippen molar-refractivity contribution >= 4 is 11.6 Å². The Bertz CT molecular complexity index is 596. The van der Waals surface area contributed by atoms with Crippen LogP contribution in [0.1, 0.15) is 12.5 Å². The second-order valence-corrected chi connectivity index (χ2v) is 4.57. The van der Waals surface area contributed by atoms with Gasteiger partial charge in [0.15, 0.2) is 6.10 Å². The molecule has 1 unspecified atom stereocenters. The van der Waals surface area contributed by atoms with Crippen molar-refractivity contribution in [1.82, 2.24) is 0 Å². The monoisotopic (exact) mass is 273 g/mol. The lowest BCUT2D eigenvalue weighted by Gasteiger charge is -2.15. The van der Waals surface area contributed by atoms with E-state index in [1.54, 1.807) is 6.92 Å². The summed E-state index contributed by atoms with van der Waals surface area (Å²) in [6.45, 7) is 3.60. The molecule has 0 aromatic heterocycles. The third kappa shape index (κ3) is 3.82. The van der Waals surface area contributed by atoms with E-state index >= 15 is 0 Å². The second kappa shape index (κ2) is 6.19. The molecular weight excluding hydrogens is 257 g/mol. The normalized spacial score (nSPS) is 11.8. The highest BCUT2D eigenvalue weighted by atomic mass is 19.1. The molecule has 1 N–H and O–H groups in total. The number of hydrogen-bond acceptors (Lipinski definition) is 2. The third-order valence-corrected chi connectivity index (χ3v) is 2.78. The van der Waals surface area contributed by atoms with Gasteiger partial charge in [-0.15, -0.1) is 0 Å². The quantitative estimate of drug-likeness (QED) is 0.925. The molecule has 0 spiro atoms. The Kier molecular flexibility index (Phi) is 4.35. The minimum atomic E-state index is -0.666. The van der Waals surface area contributed by atoms with Gasteiger partial charge in [0.05, 0.1) is 0 Å². The summed E-state index contributed by atoms with van der Waals surface area (Å²) >= 11 is 0. The zero-order chi connectivity index (χ0) is 14.5. The number of nitrogens with one attached hydrogen (secondary N) is 1. The first kappa shape index (κ1) is 14.1. The minimum Gasteiger partial charge on any atom is -0.481 e. The van der Waals surface area contributed by atoms with Gasteiger partial charge in [-0.2, -0.15) is 0 Å². The van der Waals surface area contributed by atoms with Gasteiger partial charge < -0.3 is 10.1 Å². The molecule has 0 radical (unpaired) electrons. The SMILES string of the molecule is Cc1cccc(NC(=O)C(C)Oc2ccc(F)cc2)c1. The largest absolute Gasteiger partial charge is 0.481 e. The topological polar surface area (TPSA) is 38.3 Å². The Morgan fingerprint density at radius 1 is 1.20 bits per heavy atom. The molecule has 4 heteroatoms. The number of halogens is 1. The zero-order valence-corrected chi connectivity index (χ0v) is 11.4. The van der Waals surface area contributed by atoms with E-state index in [0.29, 0.717) is 5.75 Å². The maximum absolute atomic E-state index is 12.8. The number of anilines is 1. The summed E-state index contributed by atoms with van der Waals surface area (Å²) in [7, 11) is 0. The van der Waals surface area contributed by atoms with Crippen LogP contribution in [0.15, 0.2) is 48.5 Å². The van der Waals surface area contributed by atoms with E-state index in [4.69, 9.17) is 4.74 Å². The summed E-state index contributed by atoms with van der Waals surface area (Å²) in [6, 6.07) is 13.1. The van der Waals surface area contributed by atoms with Crippen molar-refractivity contribution in [1.29, 1.82) is 0 Å². The first-order valence-corrected chi connectivity index (χ1v) is 6.34. The van der Waals surface area contributed by atoms with Gasteiger partial charge in [0.2, 0.25) is 0 Å². The zero-order valence-electron chi connectivity index (χ0n) is 11.4. The average Bonchev–Trinajstić information content (AvgIpc) is 2.41. The van der Waals surface area contributed by atoms with E-state index in [2.05, 4.69) is 5.32 Å². The molecule has 2 aromatic rings. The highest BCUT2D eigenvalue weighted by Gasteiger charge is 2.14. The van der Waals surface area contributed by atoms with Crippen LogP contribution in [0.5, 0.6) is 5.75 Å². The van der Waals surface area contributed by atoms with Crippen LogP contribution in [-0.2, 0) is 4.79 Å². The molecule has 0 aliphatic heterocycles. The molecule has 0 fully saturated rings. The van der Waals surface area contributed by atoms with Gasteiger partial charge in [0.1, 0.15) is 11.6 Å². The van der Waals surface area contributed by atoms with Crippen molar-refractivity contribution in [2.45, 2.75) is 20.0 Å². The number of rotatable bonds is 4. The van der Waals surface area contributed by atoms with Crippen molar-refractivity contribution in [3.63, 3.8) is 0 Å². The molecular formula is C16H16FNO2. The fraction of sp³-hybridized carbons (Fsp3) is 0.188. The molecule has 0 bridgehead atoms. The van der Waals surface area contributed by atoms with Crippen molar-refractivity contribution in [3.05, 3.63) is 59.9 Å². The molecule has 0 aliphatic carbocycles. The Hall–Kier alpha value is -2.36. The molecule has 0 saturated carbocycles. The third-order valence-electron chi connectivity index (χ3n) is 2.78. The Balaban J connectivity index is 1.96. The van der Waals surface area contributed by atoms with Crippen LogP contribution in [0.4, 0.5) is 10.1 Å². The molecule has 2 aromatic carbocycles. The van der Waals surface area contributed by atoms with Gasteiger partial charge >= 0.3 is 0 Å². The summed E-state index contributed by atoms with van der Waals surface area (Å²) in [5.41, 5.74) is 1.79. The summed E-state index contributed by atoms with van der Waals surface area (Å²) in [4.78, 5) is 12.0. The number of carbonyl (C=O) groups is 1. The summed E-state index contributed by atoms with van der Waals surface area (Å²) in [6.07, 6.45) is -0.666. The lowest BCUT2D eigenvalue weighted by molar-refractivity contribution is -0.122. The molecule has 0 heterocycles. The van der Waals surface area contributed by atoms with E-state index < -0.39 is 6.10 Å². The first-order valence-electron chi connectivity index (χ1n) is 6.34. The van der Waals surface area contributed by atoms with Crippen LogP contribution in [0.25, 0.3) is 0 Å². The van der Waals surface area contributed by atoms with E-state index in [-0.39, 0.29) is 11.7 Å². The first-order chi connectivity index (χ1) is 9.54. The number of ether oxygens (including phenoxy) is 1. The molecule has 0 saturated heterocycles. The van der Waals surface area contributed by atoms with E-state index in [0.717, 1.165) is 11.3 Å². The maximum atomic E-state index is 12.8. The molecule has 20 heavy (non-hydrogen) atoms. The lowest BCUT2D eigenvalue weighted by Crippen LogP contribution is -2.30. The highest BCUT2D eigenvalue weighted by molar-refractivity contribution is 5.94. The average molecular weight is 273 g/mol. The van der Waals surface area contributed by atoms with Gasteiger partial charge in [-0.1, -0.05) is 12.1 Å². The number of amides is 1. The Labute approximate surface area is 117 Å². The molecule has 104 valence electrons. The van der Waals surface area contributed by atoms with Gasteiger partial charge in [-0.25, -0.2) is 4.39 Å². The molecule has 1 atom stereocenters. The predicted molar refractivity (Wildman–Crippen MR) is 76.3 cm³/mol. The van der Waals surface area contributed by atoms with Crippen molar-refractivity contribution < 1.29 is 13.9 Å². The van der Waals surface area contributed by atoms with E-state index in [1.165, 1.54) is 24.3 Å². The smallest absolute Gasteiger partial charge is 0.265 e. The van der Waals surface area contributed by atoms with Gasteiger partial charge in [-0.3, -0.25) is 4.79 Å². The number of hydrogen-bond donors (Lipinski definition) is 1. The van der Waals surface area contributed by atoms with Crippen LogP contribution >= 0.6 is 0 Å². The minimum absolute atomic E-state index is 0.250. The second-order valence-electron chi connectivity index (χ2n) is 4.57. The fourth-order valence-electron chi connectivity index (χ4n) is 1.74. The Morgan fingerprint density at radius 3 is 2.55 bits per heavy atom. The predicted octanol–water partition coefficient (Wildman–Crippen LogP) is 3.54.